The number of halogens is 4. The van der Waals surface area contributed by atoms with Gasteiger partial charge in [0.25, 0.3) is 0 Å². The molecule has 0 aromatic heterocycles. The van der Waals surface area contributed by atoms with Crippen molar-refractivity contribution < 1.29 is 8.78 Å². The molecule has 0 unspecified atom stereocenters. The molecule has 0 spiro atoms. The van der Waals surface area contributed by atoms with Crippen molar-refractivity contribution in [1.82, 2.24) is 0 Å². The van der Waals surface area contributed by atoms with Gasteiger partial charge >= 0.3 is 5.38 Å². The van der Waals surface area contributed by atoms with Gasteiger partial charge in [0.2, 0.25) is 0 Å². The van der Waals surface area contributed by atoms with Crippen molar-refractivity contribution in [2.75, 3.05) is 5.88 Å². The molecule has 0 heterocycles. The Hall–Kier alpha value is 0.440. The fourth-order valence-corrected chi connectivity index (χ4v) is 2.03. The highest BCUT2D eigenvalue weighted by Gasteiger charge is 2.38. The summed E-state index contributed by atoms with van der Waals surface area (Å²) in [5, 5.41) is -3.05. The lowest BCUT2D eigenvalue weighted by atomic mass is 9.67. The van der Waals surface area contributed by atoms with Crippen LogP contribution in [0.2, 0.25) is 0 Å². The van der Waals surface area contributed by atoms with Crippen LogP contribution in [0, 0.1) is 5.41 Å². The highest BCUT2D eigenvalue weighted by molar-refractivity contribution is 6.21. The fraction of sp³-hybridized carbons (Fsp3) is 1.00. The van der Waals surface area contributed by atoms with Crippen molar-refractivity contribution in [3.05, 3.63) is 0 Å². The van der Waals surface area contributed by atoms with E-state index < -0.39 is 5.38 Å². The summed E-state index contributed by atoms with van der Waals surface area (Å²) in [5.41, 5.74) is -0.0279. The number of rotatable bonds is 4. The van der Waals surface area contributed by atoms with Gasteiger partial charge in [-0.3, -0.25) is 0 Å². The van der Waals surface area contributed by atoms with E-state index in [1.54, 1.807) is 0 Å². The third-order valence-corrected chi connectivity index (χ3v) is 3.39. The summed E-state index contributed by atoms with van der Waals surface area (Å²) in [6.07, 6.45) is 3.27. The van der Waals surface area contributed by atoms with Gasteiger partial charge in [-0.25, -0.2) is 0 Å². The summed E-state index contributed by atoms with van der Waals surface area (Å²) in [6.45, 7) is 0. The van der Waals surface area contributed by atoms with Gasteiger partial charge in [0, 0.05) is 12.3 Å². The molecule has 0 radical (unpaired) electrons. The van der Waals surface area contributed by atoms with Crippen molar-refractivity contribution in [1.29, 1.82) is 0 Å². The van der Waals surface area contributed by atoms with E-state index in [1.807, 2.05) is 0 Å². The minimum Gasteiger partial charge on any atom is -0.188 e. The van der Waals surface area contributed by atoms with E-state index in [2.05, 4.69) is 0 Å². The van der Waals surface area contributed by atoms with Crippen LogP contribution in [0.3, 0.4) is 0 Å². The van der Waals surface area contributed by atoms with E-state index in [9.17, 15) is 8.78 Å². The minimum absolute atomic E-state index is 0.0279. The summed E-state index contributed by atoms with van der Waals surface area (Å²) < 4.78 is 24.5. The van der Waals surface area contributed by atoms with E-state index in [4.69, 9.17) is 23.2 Å². The third-order valence-electron chi connectivity index (χ3n) is 2.64. The number of hydrogen-bond donors (Lipinski definition) is 0. The summed E-state index contributed by atoms with van der Waals surface area (Å²) >= 11 is 10.5. The lowest BCUT2D eigenvalue weighted by Crippen LogP contribution is -2.32. The summed E-state index contributed by atoms with van der Waals surface area (Å²) in [6, 6.07) is 0. The first kappa shape index (κ1) is 10.5. The molecule has 0 bridgehead atoms. The molecule has 1 saturated carbocycles. The summed E-state index contributed by atoms with van der Waals surface area (Å²) in [4.78, 5) is 0. The molecule has 0 saturated heterocycles. The SMILES string of the molecule is FC(F)(Cl)CCC1(CCl)CCC1. The predicted molar refractivity (Wildman–Crippen MR) is 47.0 cm³/mol. The Morgan fingerprint density at radius 3 is 2.17 bits per heavy atom. The van der Waals surface area contributed by atoms with Crippen molar-refractivity contribution >= 4 is 23.2 Å². The van der Waals surface area contributed by atoms with E-state index in [1.165, 1.54) is 0 Å². The average molecular weight is 217 g/mol. The van der Waals surface area contributed by atoms with Crippen LogP contribution in [0.4, 0.5) is 8.78 Å². The van der Waals surface area contributed by atoms with Crippen LogP contribution in [-0.4, -0.2) is 11.3 Å². The van der Waals surface area contributed by atoms with E-state index >= 15 is 0 Å². The predicted octanol–water partition coefficient (Wildman–Crippen LogP) is 4.01. The Balaban J connectivity index is 2.30. The van der Waals surface area contributed by atoms with Crippen LogP contribution in [0.15, 0.2) is 0 Å². The van der Waals surface area contributed by atoms with Gasteiger partial charge in [0.1, 0.15) is 0 Å². The summed E-state index contributed by atoms with van der Waals surface area (Å²) in [7, 11) is 0. The van der Waals surface area contributed by atoms with Crippen LogP contribution in [0.25, 0.3) is 0 Å². The molecule has 0 aromatic rings. The Morgan fingerprint density at radius 2 is 1.92 bits per heavy atom. The van der Waals surface area contributed by atoms with Crippen molar-refractivity contribution in [2.45, 2.75) is 37.5 Å². The standard InChI is InChI=1S/C8H12Cl2F2/c9-6-7(2-1-3-7)4-5-8(10,11)12/h1-6H2. The topological polar surface area (TPSA) is 0 Å². The highest BCUT2D eigenvalue weighted by Crippen LogP contribution is 2.47. The largest absolute Gasteiger partial charge is 0.321 e. The van der Waals surface area contributed by atoms with Gasteiger partial charge in [-0.05, 0) is 36.3 Å². The van der Waals surface area contributed by atoms with Gasteiger partial charge in [0.05, 0.1) is 0 Å². The van der Waals surface area contributed by atoms with Crippen LogP contribution in [-0.2, 0) is 0 Å². The summed E-state index contributed by atoms with van der Waals surface area (Å²) in [5.74, 6) is 0.486. The average Bonchev–Trinajstić information content (AvgIpc) is 1.84. The highest BCUT2D eigenvalue weighted by atomic mass is 35.5. The Kier molecular flexibility index (Phi) is 3.21. The maximum Gasteiger partial charge on any atom is 0.321 e. The number of hydrogen-bond acceptors (Lipinski definition) is 0. The lowest BCUT2D eigenvalue weighted by molar-refractivity contribution is 0.0483. The monoisotopic (exact) mass is 216 g/mol. The van der Waals surface area contributed by atoms with E-state index in [-0.39, 0.29) is 11.8 Å². The molecule has 0 atom stereocenters. The Morgan fingerprint density at radius 1 is 1.33 bits per heavy atom. The first-order valence-corrected chi connectivity index (χ1v) is 5.01. The molecule has 1 fully saturated rings. The van der Waals surface area contributed by atoms with Crippen LogP contribution in [0.1, 0.15) is 32.1 Å². The number of alkyl halides is 4. The quantitative estimate of drug-likeness (QED) is 0.624. The van der Waals surface area contributed by atoms with E-state index in [0.29, 0.717) is 12.3 Å². The Bertz CT molecular complexity index is 144. The Labute approximate surface area is 81.2 Å². The molecule has 4 heteroatoms. The van der Waals surface area contributed by atoms with Gasteiger partial charge in [-0.1, -0.05) is 6.42 Å². The normalized spacial score (nSPS) is 22.0. The maximum absolute atomic E-state index is 12.3. The van der Waals surface area contributed by atoms with Crippen LogP contribution >= 0.6 is 23.2 Å². The lowest BCUT2D eigenvalue weighted by Gasteiger charge is -2.40. The van der Waals surface area contributed by atoms with Gasteiger partial charge in [-0.2, -0.15) is 8.78 Å². The van der Waals surface area contributed by atoms with Gasteiger partial charge in [0.15, 0.2) is 0 Å². The minimum atomic E-state index is -3.05. The molecule has 0 nitrogen and oxygen atoms in total. The molecule has 0 aromatic carbocycles. The molecule has 0 N–H and O–H groups in total. The molecule has 1 rings (SSSR count). The maximum atomic E-state index is 12.3. The molecular weight excluding hydrogens is 205 g/mol. The van der Waals surface area contributed by atoms with Crippen molar-refractivity contribution in [2.24, 2.45) is 5.41 Å². The zero-order chi connectivity index (χ0) is 9.24. The first-order chi connectivity index (χ1) is 5.47. The first-order valence-electron chi connectivity index (χ1n) is 4.10. The van der Waals surface area contributed by atoms with Gasteiger partial charge < -0.3 is 0 Å². The third kappa shape index (κ3) is 2.74. The second-order valence-corrected chi connectivity index (χ2v) is 4.42. The second kappa shape index (κ2) is 3.67. The molecular formula is C8H12Cl2F2. The van der Waals surface area contributed by atoms with Crippen LogP contribution < -0.4 is 0 Å². The zero-order valence-corrected chi connectivity index (χ0v) is 8.27. The second-order valence-electron chi connectivity index (χ2n) is 3.60. The molecule has 0 amide bonds. The van der Waals surface area contributed by atoms with Crippen LogP contribution in [0.5, 0.6) is 0 Å². The van der Waals surface area contributed by atoms with E-state index in [0.717, 1.165) is 19.3 Å². The van der Waals surface area contributed by atoms with Gasteiger partial charge in [-0.15, -0.1) is 11.6 Å². The van der Waals surface area contributed by atoms with Crippen molar-refractivity contribution in [3.8, 4) is 0 Å². The molecule has 1 aliphatic rings. The zero-order valence-electron chi connectivity index (χ0n) is 6.75. The van der Waals surface area contributed by atoms with Crippen molar-refractivity contribution in [3.63, 3.8) is 0 Å². The molecule has 12 heavy (non-hydrogen) atoms. The smallest absolute Gasteiger partial charge is 0.188 e. The molecule has 72 valence electrons. The fourth-order valence-electron chi connectivity index (χ4n) is 1.53. The molecule has 1 aliphatic carbocycles. The molecule has 0 aliphatic heterocycles.